The highest BCUT2D eigenvalue weighted by atomic mass is 32.1. The van der Waals surface area contributed by atoms with Crippen molar-refractivity contribution >= 4 is 22.2 Å². The maximum absolute atomic E-state index is 12.6. The van der Waals surface area contributed by atoms with E-state index in [4.69, 9.17) is 0 Å². The van der Waals surface area contributed by atoms with Crippen molar-refractivity contribution in [3.05, 3.63) is 51.4 Å². The number of aryl methyl sites for hydroxylation is 1. The van der Waals surface area contributed by atoms with Crippen LogP contribution in [0.15, 0.2) is 24.3 Å². The van der Waals surface area contributed by atoms with Crippen molar-refractivity contribution in [1.29, 1.82) is 5.26 Å². The van der Waals surface area contributed by atoms with Gasteiger partial charge in [-0.3, -0.25) is 4.79 Å². The van der Waals surface area contributed by atoms with Gasteiger partial charge in [0.05, 0.1) is 18.2 Å². The lowest BCUT2D eigenvalue weighted by molar-refractivity contribution is -0.885. The number of nitrogens with one attached hydrogen (secondary N) is 2. The zero-order chi connectivity index (χ0) is 20.3. The Hall–Kier alpha value is -2.37. The third-order valence-corrected chi connectivity index (χ3v) is 5.99. The molecule has 0 radical (unpaired) electrons. The lowest BCUT2D eigenvalue weighted by Crippen LogP contribution is -3.08. The van der Waals surface area contributed by atoms with E-state index in [1.807, 2.05) is 7.05 Å². The van der Waals surface area contributed by atoms with E-state index in [0.29, 0.717) is 17.1 Å². The topological polar surface area (TPSA) is 57.3 Å². The lowest BCUT2D eigenvalue weighted by Gasteiger charge is -2.14. The number of likely N-dealkylation sites (N-methyl/N-ethyl adjacent to an activating group) is 1. The predicted molar refractivity (Wildman–Crippen MR) is 101 cm³/mol. The number of carbonyl (C=O) groups is 1. The zero-order valence-electron chi connectivity index (χ0n) is 15.4. The van der Waals surface area contributed by atoms with Gasteiger partial charge in [-0.05, 0) is 43.4 Å². The highest BCUT2D eigenvalue weighted by molar-refractivity contribution is 7.16. The average Bonchev–Trinajstić information content (AvgIpc) is 2.97. The predicted octanol–water partition coefficient (Wildman–Crippen LogP) is 3.17. The molecular weight excluding hydrogens is 387 g/mol. The molecule has 0 aliphatic heterocycles. The number of amides is 1. The molecule has 0 fully saturated rings. The van der Waals surface area contributed by atoms with Crippen molar-refractivity contribution in [2.75, 3.05) is 18.9 Å². The Bertz CT molecular complexity index is 897. The first kappa shape index (κ1) is 20.4. The highest BCUT2D eigenvalue weighted by Gasteiger charge is 2.30. The number of thiophene rings is 1. The minimum atomic E-state index is -4.35. The molecule has 1 aliphatic rings. The van der Waals surface area contributed by atoms with Crippen LogP contribution < -0.4 is 10.2 Å². The molecular formula is C20H21F3N3OS+. The van der Waals surface area contributed by atoms with E-state index in [1.165, 1.54) is 28.3 Å². The number of fused-ring (bicyclic) bond motifs is 1. The van der Waals surface area contributed by atoms with Gasteiger partial charge in [-0.2, -0.15) is 18.4 Å². The largest absolute Gasteiger partial charge is 0.416 e. The lowest BCUT2D eigenvalue weighted by atomic mass is 9.96. The van der Waals surface area contributed by atoms with Crippen LogP contribution in [0.25, 0.3) is 0 Å². The van der Waals surface area contributed by atoms with Gasteiger partial charge in [0, 0.05) is 10.4 Å². The monoisotopic (exact) mass is 408 g/mol. The van der Waals surface area contributed by atoms with Gasteiger partial charge in [0.1, 0.15) is 17.6 Å². The standard InChI is InChI=1S/C20H20F3N3OS/c1-26(11-13-6-8-14(9-7-13)20(21,22)23)12-18(27)25-19-16(10-24)15-4-2-3-5-17(15)28-19/h6-9H,2-5,11-12H2,1H3,(H,25,27)/p+1. The van der Waals surface area contributed by atoms with Crippen LogP contribution in [0.4, 0.5) is 18.2 Å². The molecule has 2 N–H and O–H groups in total. The summed E-state index contributed by atoms with van der Waals surface area (Å²) >= 11 is 1.48. The maximum atomic E-state index is 12.6. The number of benzene rings is 1. The summed E-state index contributed by atoms with van der Waals surface area (Å²) in [7, 11) is 1.81. The number of nitrogens with zero attached hydrogens (tertiary/aromatic N) is 1. The van der Waals surface area contributed by atoms with Gasteiger partial charge in [-0.25, -0.2) is 0 Å². The van der Waals surface area contributed by atoms with Gasteiger partial charge in [0.15, 0.2) is 6.54 Å². The third kappa shape index (κ3) is 4.72. The molecule has 4 nitrogen and oxygen atoms in total. The number of anilines is 1. The van der Waals surface area contributed by atoms with Crippen molar-refractivity contribution in [3.63, 3.8) is 0 Å². The van der Waals surface area contributed by atoms with Crippen LogP contribution >= 0.6 is 11.3 Å². The molecule has 1 aromatic carbocycles. The van der Waals surface area contributed by atoms with Crippen LogP contribution in [0, 0.1) is 11.3 Å². The molecule has 1 amide bonds. The summed E-state index contributed by atoms with van der Waals surface area (Å²) in [4.78, 5) is 14.4. The van der Waals surface area contributed by atoms with Crippen molar-refractivity contribution in [2.45, 2.75) is 38.4 Å². The van der Waals surface area contributed by atoms with Crippen molar-refractivity contribution in [2.24, 2.45) is 0 Å². The molecule has 1 heterocycles. The highest BCUT2D eigenvalue weighted by Crippen LogP contribution is 2.37. The van der Waals surface area contributed by atoms with E-state index >= 15 is 0 Å². The molecule has 3 rings (SSSR count). The quantitative estimate of drug-likeness (QED) is 0.799. The molecule has 1 unspecified atom stereocenters. The summed E-state index contributed by atoms with van der Waals surface area (Å²) in [5.41, 5.74) is 1.69. The van der Waals surface area contributed by atoms with Crippen molar-refractivity contribution in [3.8, 4) is 6.07 Å². The van der Waals surface area contributed by atoms with E-state index in [9.17, 15) is 23.2 Å². The molecule has 0 spiro atoms. The maximum Gasteiger partial charge on any atom is 0.416 e. The Kier molecular flexibility index (Phi) is 6.06. The fourth-order valence-corrected chi connectivity index (χ4v) is 4.70. The zero-order valence-corrected chi connectivity index (χ0v) is 16.3. The van der Waals surface area contributed by atoms with Gasteiger partial charge in [-0.15, -0.1) is 11.3 Å². The first-order valence-electron chi connectivity index (χ1n) is 9.10. The number of quaternary nitrogens is 1. The SMILES string of the molecule is C[NH+](CC(=O)Nc1sc2c(c1C#N)CCCC2)Cc1ccc(C(F)(F)F)cc1. The van der Waals surface area contributed by atoms with Crippen LogP contribution in [0.5, 0.6) is 0 Å². The summed E-state index contributed by atoms with van der Waals surface area (Å²) in [6, 6.07) is 7.20. The molecule has 8 heteroatoms. The van der Waals surface area contributed by atoms with E-state index in [1.54, 1.807) is 0 Å². The average molecular weight is 408 g/mol. The molecule has 1 aromatic heterocycles. The third-order valence-electron chi connectivity index (χ3n) is 4.79. The van der Waals surface area contributed by atoms with Gasteiger partial charge in [0.25, 0.3) is 5.91 Å². The van der Waals surface area contributed by atoms with Gasteiger partial charge in [-0.1, -0.05) is 12.1 Å². The summed E-state index contributed by atoms with van der Waals surface area (Å²) in [6.07, 6.45) is -0.361. The number of hydrogen-bond acceptors (Lipinski definition) is 3. The molecule has 0 saturated heterocycles. The molecule has 28 heavy (non-hydrogen) atoms. The number of nitriles is 1. The smallest absolute Gasteiger partial charge is 0.326 e. The van der Waals surface area contributed by atoms with Gasteiger partial charge >= 0.3 is 6.18 Å². The minimum Gasteiger partial charge on any atom is -0.326 e. The summed E-state index contributed by atoms with van der Waals surface area (Å²) in [5, 5.41) is 12.9. The second-order valence-corrected chi connectivity index (χ2v) is 8.19. The van der Waals surface area contributed by atoms with Crippen LogP contribution in [-0.2, 0) is 30.4 Å². The van der Waals surface area contributed by atoms with Crippen LogP contribution in [0.2, 0.25) is 0 Å². The van der Waals surface area contributed by atoms with Crippen molar-refractivity contribution in [1.82, 2.24) is 0 Å². The molecule has 1 aliphatic carbocycles. The van der Waals surface area contributed by atoms with E-state index in [2.05, 4.69) is 11.4 Å². The van der Waals surface area contributed by atoms with Crippen LogP contribution in [-0.4, -0.2) is 19.5 Å². The van der Waals surface area contributed by atoms with E-state index in [-0.39, 0.29) is 12.5 Å². The normalized spacial score (nSPS) is 14.8. The Morgan fingerprint density at radius 1 is 1.25 bits per heavy atom. The number of alkyl halides is 3. The number of rotatable bonds is 5. The Morgan fingerprint density at radius 2 is 1.93 bits per heavy atom. The number of halogens is 3. The molecule has 0 saturated carbocycles. The second kappa shape index (κ2) is 8.33. The fourth-order valence-electron chi connectivity index (χ4n) is 3.44. The summed E-state index contributed by atoms with van der Waals surface area (Å²) in [5.74, 6) is -0.209. The van der Waals surface area contributed by atoms with E-state index in [0.717, 1.165) is 53.8 Å². The Labute approximate surface area is 165 Å². The second-order valence-electron chi connectivity index (χ2n) is 7.08. The summed E-state index contributed by atoms with van der Waals surface area (Å²) < 4.78 is 37.9. The molecule has 0 bridgehead atoms. The molecule has 148 valence electrons. The van der Waals surface area contributed by atoms with Crippen LogP contribution in [0.3, 0.4) is 0 Å². The Morgan fingerprint density at radius 3 is 2.57 bits per heavy atom. The van der Waals surface area contributed by atoms with Crippen LogP contribution in [0.1, 0.15) is 40.0 Å². The van der Waals surface area contributed by atoms with Gasteiger partial charge in [0.2, 0.25) is 0 Å². The van der Waals surface area contributed by atoms with Gasteiger partial charge < -0.3 is 10.2 Å². The van der Waals surface area contributed by atoms with E-state index < -0.39 is 11.7 Å². The summed E-state index contributed by atoms with van der Waals surface area (Å²) in [6.45, 7) is 0.589. The Balaban J connectivity index is 1.59. The number of carbonyl (C=O) groups excluding carboxylic acids is 1. The first-order chi connectivity index (χ1) is 13.3. The first-order valence-corrected chi connectivity index (χ1v) is 9.91. The fraction of sp³-hybridized carbons (Fsp3) is 0.400. The van der Waals surface area contributed by atoms with Crippen molar-refractivity contribution < 1.29 is 22.9 Å². The number of hydrogen-bond donors (Lipinski definition) is 2. The molecule has 2 aromatic rings. The molecule has 1 atom stereocenters. The minimum absolute atomic E-state index is 0.161.